The predicted molar refractivity (Wildman–Crippen MR) is 52.1 cm³/mol. The van der Waals surface area contributed by atoms with Crippen LogP contribution in [0.2, 0.25) is 0 Å². The highest BCUT2D eigenvalue weighted by Gasteiger charge is 2.30. The van der Waals surface area contributed by atoms with Crippen LogP contribution < -0.4 is 0 Å². The molecule has 0 unspecified atom stereocenters. The second-order valence-corrected chi connectivity index (χ2v) is 5.03. The van der Waals surface area contributed by atoms with E-state index in [0.29, 0.717) is 10.8 Å². The number of hydrogen-bond donors (Lipinski definition) is 0. The van der Waals surface area contributed by atoms with Crippen LogP contribution >= 0.6 is 22.6 Å². The first kappa shape index (κ1) is 9.73. The predicted octanol–water partition coefficient (Wildman–Crippen LogP) is 3.49. The van der Waals surface area contributed by atoms with Gasteiger partial charge in [0.15, 0.2) is 0 Å². The Morgan fingerprint density at radius 2 is 1.33 bits per heavy atom. The summed E-state index contributed by atoms with van der Waals surface area (Å²) in [6.45, 7) is 11.5. The van der Waals surface area contributed by atoms with Crippen molar-refractivity contribution in [3.05, 3.63) is 0 Å². The fraction of sp³-hybridized carbons (Fsp3) is 1.00. The van der Waals surface area contributed by atoms with Gasteiger partial charge >= 0.3 is 0 Å². The maximum Gasteiger partial charge on any atom is 0.00517 e. The maximum absolute atomic E-state index is 2.46. The van der Waals surface area contributed by atoms with Crippen LogP contribution in [-0.4, -0.2) is 4.43 Å². The fourth-order valence-corrected chi connectivity index (χ4v) is 1.34. The molecule has 0 aliphatic rings. The third-order valence-corrected chi connectivity index (χ3v) is 4.27. The standard InChI is InChI=1S/C8H17I/c1-7(2,3)8(4,5)6-9/h6H2,1-5H3. The molecule has 0 saturated heterocycles. The first-order valence-corrected chi connectivity index (χ1v) is 4.90. The van der Waals surface area contributed by atoms with Gasteiger partial charge in [0.05, 0.1) is 0 Å². The number of alkyl halides is 1. The summed E-state index contributed by atoms with van der Waals surface area (Å²) in [6, 6.07) is 0. The van der Waals surface area contributed by atoms with E-state index < -0.39 is 0 Å². The third-order valence-electron chi connectivity index (χ3n) is 2.36. The largest absolute Gasteiger partial charge is 0.0858 e. The first-order chi connectivity index (χ1) is 3.81. The quantitative estimate of drug-likeness (QED) is 0.486. The Labute approximate surface area is 72.6 Å². The molecule has 0 aromatic carbocycles. The summed E-state index contributed by atoms with van der Waals surface area (Å²) < 4.78 is 1.23. The molecule has 0 fully saturated rings. The highest BCUT2D eigenvalue weighted by atomic mass is 127. The van der Waals surface area contributed by atoms with Crippen LogP contribution in [0.15, 0.2) is 0 Å². The van der Waals surface area contributed by atoms with Gasteiger partial charge in [0.2, 0.25) is 0 Å². The SMILES string of the molecule is CC(C)(C)C(C)(C)CI. The van der Waals surface area contributed by atoms with Gasteiger partial charge in [0.25, 0.3) is 0 Å². The molecular weight excluding hydrogens is 223 g/mol. The average Bonchev–Trinajstić information content (AvgIpc) is 1.64. The molecule has 0 spiro atoms. The fourth-order valence-electron chi connectivity index (χ4n) is 0.200. The van der Waals surface area contributed by atoms with Crippen molar-refractivity contribution in [3.8, 4) is 0 Å². The van der Waals surface area contributed by atoms with Crippen LogP contribution in [0.5, 0.6) is 0 Å². The zero-order chi connectivity index (χ0) is 7.71. The van der Waals surface area contributed by atoms with E-state index >= 15 is 0 Å². The van der Waals surface area contributed by atoms with Gasteiger partial charge in [0.1, 0.15) is 0 Å². The highest BCUT2D eigenvalue weighted by molar-refractivity contribution is 14.1. The molecular formula is C8H17I. The van der Waals surface area contributed by atoms with Crippen molar-refractivity contribution in [1.29, 1.82) is 0 Å². The van der Waals surface area contributed by atoms with Crippen LogP contribution in [0.1, 0.15) is 34.6 Å². The minimum atomic E-state index is 0.439. The summed E-state index contributed by atoms with van der Waals surface area (Å²) in [4.78, 5) is 0. The summed E-state index contributed by atoms with van der Waals surface area (Å²) in [5, 5.41) is 0. The lowest BCUT2D eigenvalue weighted by Crippen LogP contribution is -2.30. The Kier molecular flexibility index (Phi) is 2.99. The lowest BCUT2D eigenvalue weighted by atomic mass is 9.71. The molecule has 0 heterocycles. The topological polar surface area (TPSA) is 0 Å². The smallest absolute Gasteiger partial charge is 0.00517 e. The molecule has 0 radical (unpaired) electrons. The number of rotatable bonds is 1. The Bertz CT molecular complexity index is 87.2. The van der Waals surface area contributed by atoms with Crippen molar-refractivity contribution >= 4 is 22.6 Å². The Balaban J connectivity index is 4.14. The van der Waals surface area contributed by atoms with Crippen LogP contribution in [0, 0.1) is 10.8 Å². The molecule has 56 valence electrons. The van der Waals surface area contributed by atoms with Gasteiger partial charge in [-0.3, -0.25) is 0 Å². The van der Waals surface area contributed by atoms with Crippen molar-refractivity contribution in [1.82, 2.24) is 0 Å². The Hall–Kier alpha value is 0.730. The van der Waals surface area contributed by atoms with Crippen molar-refractivity contribution in [2.24, 2.45) is 10.8 Å². The van der Waals surface area contributed by atoms with Crippen LogP contribution in [0.4, 0.5) is 0 Å². The molecule has 0 rings (SSSR count). The van der Waals surface area contributed by atoms with Gasteiger partial charge in [-0.25, -0.2) is 0 Å². The monoisotopic (exact) mass is 240 g/mol. The van der Waals surface area contributed by atoms with Gasteiger partial charge < -0.3 is 0 Å². The molecule has 0 N–H and O–H groups in total. The average molecular weight is 240 g/mol. The third kappa shape index (κ3) is 2.44. The molecule has 0 aromatic rings. The summed E-state index contributed by atoms with van der Waals surface area (Å²) in [5.74, 6) is 0. The van der Waals surface area contributed by atoms with Crippen molar-refractivity contribution < 1.29 is 0 Å². The molecule has 0 atom stereocenters. The first-order valence-electron chi connectivity index (χ1n) is 3.37. The molecule has 0 aromatic heterocycles. The van der Waals surface area contributed by atoms with Gasteiger partial charge in [-0.05, 0) is 10.8 Å². The van der Waals surface area contributed by atoms with E-state index in [1.54, 1.807) is 0 Å². The molecule has 0 amide bonds. The van der Waals surface area contributed by atoms with Gasteiger partial charge in [-0.15, -0.1) is 0 Å². The van der Waals surface area contributed by atoms with Crippen molar-refractivity contribution in [2.75, 3.05) is 4.43 Å². The van der Waals surface area contributed by atoms with E-state index in [-0.39, 0.29) is 0 Å². The van der Waals surface area contributed by atoms with E-state index in [1.165, 1.54) is 4.43 Å². The zero-order valence-corrected chi connectivity index (χ0v) is 9.24. The molecule has 0 aliphatic heterocycles. The van der Waals surface area contributed by atoms with Gasteiger partial charge in [-0.1, -0.05) is 57.2 Å². The Morgan fingerprint density at radius 3 is 1.33 bits per heavy atom. The minimum Gasteiger partial charge on any atom is -0.0858 e. The highest BCUT2D eigenvalue weighted by Crippen LogP contribution is 2.38. The van der Waals surface area contributed by atoms with Gasteiger partial charge in [0, 0.05) is 4.43 Å². The van der Waals surface area contributed by atoms with Crippen LogP contribution in [0.3, 0.4) is 0 Å². The normalized spacial score (nSPS) is 14.0. The van der Waals surface area contributed by atoms with E-state index in [0.717, 1.165) is 0 Å². The van der Waals surface area contributed by atoms with Gasteiger partial charge in [-0.2, -0.15) is 0 Å². The molecule has 0 aliphatic carbocycles. The van der Waals surface area contributed by atoms with E-state index in [1.807, 2.05) is 0 Å². The lowest BCUT2D eigenvalue weighted by Gasteiger charge is -2.37. The van der Waals surface area contributed by atoms with E-state index in [9.17, 15) is 0 Å². The molecule has 0 bridgehead atoms. The van der Waals surface area contributed by atoms with E-state index in [2.05, 4.69) is 57.2 Å². The summed E-state index contributed by atoms with van der Waals surface area (Å²) in [5.41, 5.74) is 0.905. The van der Waals surface area contributed by atoms with Crippen LogP contribution in [-0.2, 0) is 0 Å². The second-order valence-electron chi connectivity index (χ2n) is 4.27. The van der Waals surface area contributed by atoms with Crippen molar-refractivity contribution in [3.63, 3.8) is 0 Å². The maximum atomic E-state index is 2.46. The molecule has 0 nitrogen and oxygen atoms in total. The number of hydrogen-bond acceptors (Lipinski definition) is 0. The summed E-state index contributed by atoms with van der Waals surface area (Å²) in [7, 11) is 0. The van der Waals surface area contributed by atoms with Crippen LogP contribution in [0.25, 0.3) is 0 Å². The summed E-state index contributed by atoms with van der Waals surface area (Å²) in [6.07, 6.45) is 0. The summed E-state index contributed by atoms with van der Waals surface area (Å²) >= 11 is 2.46. The second kappa shape index (κ2) is 2.77. The minimum absolute atomic E-state index is 0.439. The molecule has 9 heavy (non-hydrogen) atoms. The number of halogens is 1. The van der Waals surface area contributed by atoms with E-state index in [4.69, 9.17) is 0 Å². The lowest BCUT2D eigenvalue weighted by molar-refractivity contribution is 0.166. The van der Waals surface area contributed by atoms with Crippen molar-refractivity contribution in [2.45, 2.75) is 34.6 Å². The molecule has 1 heteroatoms. The zero-order valence-electron chi connectivity index (χ0n) is 7.09. The Morgan fingerprint density at radius 1 is 1.00 bits per heavy atom. The molecule has 0 saturated carbocycles.